The van der Waals surface area contributed by atoms with E-state index < -0.39 is 0 Å². The molecule has 1 atom stereocenters. The highest BCUT2D eigenvalue weighted by molar-refractivity contribution is 8.00. The van der Waals surface area contributed by atoms with Gasteiger partial charge in [-0.3, -0.25) is 4.79 Å². The van der Waals surface area contributed by atoms with Crippen molar-refractivity contribution in [3.63, 3.8) is 0 Å². The summed E-state index contributed by atoms with van der Waals surface area (Å²) in [5.74, 6) is 1.12. The average Bonchev–Trinajstić information content (AvgIpc) is 2.73. The molecule has 0 bridgehead atoms. The molecule has 1 aliphatic heterocycles. The highest BCUT2D eigenvalue weighted by atomic mass is 32.2. The van der Waals surface area contributed by atoms with Crippen molar-refractivity contribution in [2.45, 2.75) is 41.4 Å². The van der Waals surface area contributed by atoms with Crippen LogP contribution >= 0.6 is 23.5 Å². The minimum atomic E-state index is 0.148. The van der Waals surface area contributed by atoms with E-state index in [0.29, 0.717) is 5.25 Å². The number of thioether (sulfide) groups is 2. The van der Waals surface area contributed by atoms with E-state index in [9.17, 15) is 4.79 Å². The van der Waals surface area contributed by atoms with E-state index >= 15 is 0 Å². The fraction of sp³-hybridized carbons (Fsp3) is 0.500. The predicted octanol–water partition coefficient (Wildman–Crippen LogP) is 3.31. The van der Waals surface area contributed by atoms with Crippen molar-refractivity contribution in [2.75, 3.05) is 6.54 Å². The van der Waals surface area contributed by atoms with Gasteiger partial charge >= 0.3 is 0 Å². The molecular weight excluding hydrogens is 262 g/mol. The molecule has 1 N–H and O–H groups in total. The zero-order valence-electron chi connectivity index (χ0n) is 10.8. The van der Waals surface area contributed by atoms with Gasteiger partial charge < -0.3 is 5.32 Å². The predicted molar refractivity (Wildman–Crippen MR) is 80.1 cm³/mol. The molecule has 1 aliphatic rings. The zero-order chi connectivity index (χ0) is 13.0. The third-order valence-electron chi connectivity index (χ3n) is 2.74. The van der Waals surface area contributed by atoms with Crippen LogP contribution in [-0.4, -0.2) is 23.0 Å². The Morgan fingerprint density at radius 1 is 1.33 bits per heavy atom. The summed E-state index contributed by atoms with van der Waals surface area (Å²) in [6.45, 7) is 5.24. The van der Waals surface area contributed by atoms with Crippen LogP contribution in [0, 0.1) is 0 Å². The fourth-order valence-corrected chi connectivity index (χ4v) is 3.81. The largest absolute Gasteiger partial charge is 0.355 e. The Morgan fingerprint density at radius 3 is 2.61 bits per heavy atom. The van der Waals surface area contributed by atoms with E-state index in [1.54, 1.807) is 11.8 Å². The van der Waals surface area contributed by atoms with Crippen LogP contribution in [0.25, 0.3) is 0 Å². The molecule has 0 saturated carbocycles. The topological polar surface area (TPSA) is 29.1 Å². The Hall–Kier alpha value is -0.610. The molecule has 0 radical (unpaired) electrons. The van der Waals surface area contributed by atoms with Crippen LogP contribution in [0.4, 0.5) is 0 Å². The van der Waals surface area contributed by atoms with E-state index in [1.807, 2.05) is 11.8 Å². The number of nitrogens with one attached hydrogen (secondary N) is 1. The first kappa shape index (κ1) is 13.8. The molecular formula is C14H19NOS2. The Kier molecular flexibility index (Phi) is 5.01. The van der Waals surface area contributed by atoms with E-state index in [0.717, 1.165) is 18.7 Å². The Balaban J connectivity index is 1.84. The van der Waals surface area contributed by atoms with Gasteiger partial charge in [0, 0.05) is 22.4 Å². The van der Waals surface area contributed by atoms with E-state index in [-0.39, 0.29) is 11.2 Å². The van der Waals surface area contributed by atoms with Gasteiger partial charge in [0.25, 0.3) is 0 Å². The number of hydrogen-bond donors (Lipinski definition) is 1. The minimum absolute atomic E-state index is 0.148. The third kappa shape index (κ3) is 3.95. The van der Waals surface area contributed by atoms with Crippen LogP contribution in [0.3, 0.4) is 0 Å². The maximum atomic E-state index is 11.4. The zero-order valence-corrected chi connectivity index (χ0v) is 12.4. The number of carbonyl (C=O) groups excluding carboxylic acids is 1. The van der Waals surface area contributed by atoms with Crippen molar-refractivity contribution in [1.82, 2.24) is 5.32 Å². The molecule has 1 unspecified atom stereocenters. The molecule has 1 amide bonds. The molecule has 1 heterocycles. The van der Waals surface area contributed by atoms with Crippen molar-refractivity contribution in [3.05, 3.63) is 29.8 Å². The van der Waals surface area contributed by atoms with E-state index in [2.05, 4.69) is 43.4 Å². The van der Waals surface area contributed by atoms with Gasteiger partial charge in [0.05, 0.1) is 5.25 Å². The number of hydrogen-bond acceptors (Lipinski definition) is 3. The Bertz CT molecular complexity index is 403. The molecule has 1 saturated heterocycles. The summed E-state index contributed by atoms with van der Waals surface area (Å²) in [6, 6.07) is 8.69. The lowest BCUT2D eigenvalue weighted by atomic mass is 10.2. The third-order valence-corrected chi connectivity index (χ3v) is 5.11. The van der Waals surface area contributed by atoms with Crippen LogP contribution in [0.1, 0.15) is 25.8 Å². The summed E-state index contributed by atoms with van der Waals surface area (Å²) in [4.78, 5) is 12.8. The van der Waals surface area contributed by atoms with Gasteiger partial charge in [-0.15, -0.1) is 23.5 Å². The quantitative estimate of drug-likeness (QED) is 0.840. The molecule has 1 fully saturated rings. The summed E-state index contributed by atoms with van der Waals surface area (Å²) in [5.41, 5.74) is 1.30. The maximum absolute atomic E-state index is 11.4. The average molecular weight is 281 g/mol. The first-order chi connectivity index (χ1) is 8.65. The smallest absolute Gasteiger partial charge is 0.233 e. The van der Waals surface area contributed by atoms with Crippen LogP contribution < -0.4 is 5.32 Å². The summed E-state index contributed by atoms with van der Waals surface area (Å²) in [5, 5.41) is 3.64. The molecule has 2 rings (SSSR count). The van der Waals surface area contributed by atoms with Gasteiger partial charge in [-0.05, 0) is 24.1 Å². The van der Waals surface area contributed by atoms with Gasteiger partial charge in [0.15, 0.2) is 0 Å². The summed E-state index contributed by atoms with van der Waals surface area (Å²) in [6.07, 6.45) is 0.963. The van der Waals surface area contributed by atoms with Crippen molar-refractivity contribution in [3.8, 4) is 0 Å². The molecule has 18 heavy (non-hydrogen) atoms. The molecule has 0 aliphatic carbocycles. The van der Waals surface area contributed by atoms with Gasteiger partial charge in [0.2, 0.25) is 5.91 Å². The lowest BCUT2D eigenvalue weighted by molar-refractivity contribution is -0.118. The normalized spacial score (nSPS) is 19.3. The second kappa shape index (κ2) is 6.53. The number of benzene rings is 1. The SMILES string of the molecule is CC(C)Sc1ccc(CSC2CCNC2=O)cc1. The molecule has 98 valence electrons. The maximum Gasteiger partial charge on any atom is 0.233 e. The highest BCUT2D eigenvalue weighted by Gasteiger charge is 2.23. The second-order valence-electron chi connectivity index (χ2n) is 4.69. The second-order valence-corrected chi connectivity index (χ2v) is 7.53. The van der Waals surface area contributed by atoms with Gasteiger partial charge in [-0.2, -0.15) is 0 Å². The van der Waals surface area contributed by atoms with Crippen molar-refractivity contribution in [1.29, 1.82) is 0 Å². The summed E-state index contributed by atoms with van der Waals surface area (Å²) in [7, 11) is 0. The van der Waals surface area contributed by atoms with Gasteiger partial charge in [-0.25, -0.2) is 0 Å². The Labute approximate surface area is 117 Å². The molecule has 2 nitrogen and oxygen atoms in total. The monoisotopic (exact) mass is 281 g/mol. The molecule has 1 aromatic rings. The van der Waals surface area contributed by atoms with Crippen LogP contribution in [0.2, 0.25) is 0 Å². The number of amides is 1. The number of carbonyl (C=O) groups is 1. The van der Waals surface area contributed by atoms with Crippen LogP contribution in [0.5, 0.6) is 0 Å². The molecule has 4 heteroatoms. The number of rotatable bonds is 5. The van der Waals surface area contributed by atoms with E-state index in [4.69, 9.17) is 0 Å². The van der Waals surface area contributed by atoms with Crippen LogP contribution in [0.15, 0.2) is 29.2 Å². The fourth-order valence-electron chi connectivity index (χ4n) is 1.86. The van der Waals surface area contributed by atoms with E-state index in [1.165, 1.54) is 10.5 Å². The summed E-state index contributed by atoms with van der Waals surface area (Å²) >= 11 is 3.63. The molecule has 0 aromatic heterocycles. The lowest BCUT2D eigenvalue weighted by Crippen LogP contribution is -2.20. The van der Waals surface area contributed by atoms with Crippen molar-refractivity contribution < 1.29 is 4.79 Å². The Morgan fingerprint density at radius 2 is 2.06 bits per heavy atom. The van der Waals surface area contributed by atoms with Crippen LogP contribution in [-0.2, 0) is 10.5 Å². The lowest BCUT2D eigenvalue weighted by Gasteiger charge is -2.08. The van der Waals surface area contributed by atoms with Crippen molar-refractivity contribution >= 4 is 29.4 Å². The standard InChI is InChI=1S/C14H19NOS2/c1-10(2)18-12-5-3-11(4-6-12)9-17-13-7-8-15-14(13)16/h3-6,10,13H,7-9H2,1-2H3,(H,15,16). The molecule has 1 aromatic carbocycles. The van der Waals surface area contributed by atoms with Gasteiger partial charge in [-0.1, -0.05) is 26.0 Å². The molecule has 0 spiro atoms. The first-order valence-electron chi connectivity index (χ1n) is 6.30. The van der Waals surface area contributed by atoms with Gasteiger partial charge in [0.1, 0.15) is 0 Å². The highest BCUT2D eigenvalue weighted by Crippen LogP contribution is 2.26. The van der Waals surface area contributed by atoms with Crippen molar-refractivity contribution in [2.24, 2.45) is 0 Å². The first-order valence-corrected chi connectivity index (χ1v) is 8.23. The minimum Gasteiger partial charge on any atom is -0.355 e. The summed E-state index contributed by atoms with van der Waals surface area (Å²) < 4.78 is 0.